The Morgan fingerprint density at radius 1 is 1.30 bits per heavy atom. The minimum atomic E-state index is -3.17. The molecule has 0 spiro atoms. The van der Waals surface area contributed by atoms with Crippen LogP contribution in [0.2, 0.25) is 0 Å². The van der Waals surface area contributed by atoms with Gasteiger partial charge in [-0.15, -0.1) is 10.2 Å². The number of sulfonamides is 1. The number of tetrazole rings is 1. The average molecular weight is 480 g/mol. The second-order valence-corrected chi connectivity index (χ2v) is 11.1. The number of carboxylic acid groups (broad SMARTS) is 1. The number of carbonyl (C=O) groups is 1. The lowest BCUT2D eigenvalue weighted by atomic mass is 9.81. The first-order chi connectivity index (χ1) is 15.6. The van der Waals surface area contributed by atoms with E-state index in [1.54, 1.807) is 6.20 Å². The maximum atomic E-state index is 12.0. The molecule has 182 valence electrons. The number of rotatable bonds is 11. The van der Waals surface area contributed by atoms with Gasteiger partial charge in [-0.3, -0.25) is 4.79 Å². The normalized spacial score (nSPS) is 17.3. The molecule has 11 nitrogen and oxygen atoms in total. The summed E-state index contributed by atoms with van der Waals surface area (Å²) in [7, 11) is -3.17. The summed E-state index contributed by atoms with van der Waals surface area (Å²) in [5, 5.41) is 24.0. The lowest BCUT2D eigenvalue weighted by Gasteiger charge is -2.32. The number of nitrogens with one attached hydrogen (secondary N) is 2. The van der Waals surface area contributed by atoms with Crippen LogP contribution in [0.1, 0.15) is 50.4 Å². The van der Waals surface area contributed by atoms with Crippen LogP contribution in [-0.4, -0.2) is 71.0 Å². The molecule has 33 heavy (non-hydrogen) atoms. The fourth-order valence-corrected chi connectivity index (χ4v) is 4.84. The number of aliphatic carboxylic acids is 1. The first kappa shape index (κ1) is 25.0. The highest BCUT2D eigenvalue weighted by Crippen LogP contribution is 2.31. The monoisotopic (exact) mass is 479 g/mol. The summed E-state index contributed by atoms with van der Waals surface area (Å²) in [6.45, 7) is 6.09. The summed E-state index contributed by atoms with van der Waals surface area (Å²) >= 11 is 0. The van der Waals surface area contributed by atoms with Crippen molar-refractivity contribution in [3.63, 3.8) is 0 Å². The van der Waals surface area contributed by atoms with Crippen LogP contribution < -0.4 is 9.62 Å². The number of hydrogen-bond acceptors (Lipinski definition) is 8. The van der Waals surface area contributed by atoms with Crippen LogP contribution in [0.5, 0.6) is 0 Å². The van der Waals surface area contributed by atoms with E-state index in [9.17, 15) is 18.3 Å². The topological polar surface area (TPSA) is 154 Å². The Morgan fingerprint density at radius 3 is 2.55 bits per heavy atom. The highest BCUT2D eigenvalue weighted by Gasteiger charge is 2.33. The van der Waals surface area contributed by atoms with Crippen LogP contribution in [0.25, 0.3) is 0 Å². The molecule has 0 aromatic carbocycles. The van der Waals surface area contributed by atoms with E-state index in [1.807, 2.05) is 26.0 Å². The zero-order valence-corrected chi connectivity index (χ0v) is 20.1. The molecule has 0 bridgehead atoms. The molecule has 2 aromatic heterocycles. The minimum Gasteiger partial charge on any atom is -0.481 e. The maximum absolute atomic E-state index is 12.0. The molecule has 0 radical (unpaired) electrons. The zero-order valence-electron chi connectivity index (χ0n) is 19.3. The lowest BCUT2D eigenvalue weighted by Crippen LogP contribution is -2.38. The fourth-order valence-electron chi connectivity index (χ4n) is 4.30. The van der Waals surface area contributed by atoms with Gasteiger partial charge in [-0.2, -0.15) is 5.21 Å². The number of pyridine rings is 1. The highest BCUT2D eigenvalue weighted by atomic mass is 32.2. The number of H-pyrrole nitrogens is 1. The second kappa shape index (κ2) is 11.0. The van der Waals surface area contributed by atoms with Crippen LogP contribution in [0.4, 0.5) is 5.82 Å². The van der Waals surface area contributed by atoms with Gasteiger partial charge in [0, 0.05) is 31.7 Å². The van der Waals surface area contributed by atoms with Gasteiger partial charge >= 0.3 is 5.97 Å². The smallest absolute Gasteiger partial charge is 0.307 e. The van der Waals surface area contributed by atoms with Crippen molar-refractivity contribution in [2.24, 2.45) is 17.8 Å². The summed E-state index contributed by atoms with van der Waals surface area (Å²) in [5.74, 6) is -0.0951. The Morgan fingerprint density at radius 2 is 2.03 bits per heavy atom. The molecule has 2 aromatic rings. The third kappa shape index (κ3) is 7.46. The molecular weight excluding hydrogens is 446 g/mol. The van der Waals surface area contributed by atoms with Gasteiger partial charge in [0.25, 0.3) is 0 Å². The summed E-state index contributed by atoms with van der Waals surface area (Å²) in [4.78, 5) is 18.8. The van der Waals surface area contributed by atoms with Crippen LogP contribution in [-0.2, 0) is 21.2 Å². The number of carboxylic acids is 1. The van der Waals surface area contributed by atoms with E-state index < -0.39 is 27.8 Å². The van der Waals surface area contributed by atoms with Crippen molar-refractivity contribution in [2.75, 3.05) is 30.8 Å². The Balaban J connectivity index is 1.64. The number of aromatic nitrogens is 5. The van der Waals surface area contributed by atoms with Crippen molar-refractivity contribution in [1.29, 1.82) is 0 Å². The van der Waals surface area contributed by atoms with Gasteiger partial charge in [0.1, 0.15) is 5.82 Å². The predicted octanol–water partition coefficient (Wildman–Crippen LogP) is 1.43. The van der Waals surface area contributed by atoms with Crippen molar-refractivity contribution >= 4 is 21.8 Å². The Kier molecular flexibility index (Phi) is 8.35. The molecular formula is C21H33N7O4S. The quantitative estimate of drug-likeness (QED) is 0.434. The molecule has 1 aliphatic heterocycles. The Hall–Kier alpha value is -2.60. The van der Waals surface area contributed by atoms with Gasteiger partial charge in [0.2, 0.25) is 10.0 Å². The van der Waals surface area contributed by atoms with E-state index in [0.29, 0.717) is 31.1 Å². The molecule has 1 fully saturated rings. The van der Waals surface area contributed by atoms with Crippen molar-refractivity contribution in [1.82, 2.24) is 30.3 Å². The van der Waals surface area contributed by atoms with E-state index in [0.717, 1.165) is 37.3 Å². The lowest BCUT2D eigenvalue weighted by molar-refractivity contribution is -0.143. The first-order valence-corrected chi connectivity index (χ1v) is 13.1. The maximum Gasteiger partial charge on any atom is 0.307 e. The van der Waals surface area contributed by atoms with Crippen LogP contribution >= 0.6 is 0 Å². The molecule has 3 rings (SSSR count). The molecule has 1 aliphatic rings. The number of aromatic amines is 1. The van der Waals surface area contributed by atoms with Crippen LogP contribution in [0.15, 0.2) is 18.3 Å². The van der Waals surface area contributed by atoms with Crippen molar-refractivity contribution in [3.05, 3.63) is 29.7 Å². The molecule has 3 heterocycles. The molecule has 0 amide bonds. The van der Waals surface area contributed by atoms with E-state index >= 15 is 0 Å². The summed E-state index contributed by atoms with van der Waals surface area (Å²) in [5.41, 5.74) is 0.913. The summed E-state index contributed by atoms with van der Waals surface area (Å²) < 4.78 is 25.2. The van der Waals surface area contributed by atoms with E-state index in [-0.39, 0.29) is 5.92 Å². The largest absolute Gasteiger partial charge is 0.481 e. The molecule has 1 saturated heterocycles. The first-order valence-electron chi connectivity index (χ1n) is 11.2. The molecule has 2 atom stereocenters. The third-order valence-corrected chi connectivity index (χ3v) is 6.75. The van der Waals surface area contributed by atoms with Gasteiger partial charge in [-0.1, -0.05) is 25.1 Å². The standard InChI is InChI=1S/C21H33N7O4S/c1-14(2)10-18(21(29)30)17(20-24-26-27-25-20)11-16-4-5-19(22-12-16)28-8-6-15(7-9-28)13-23-33(3,31)32/h4-5,12,14-15,17-18,23H,6-11,13H2,1-3H3,(H,29,30)(H,24,25,26,27)/t17-,18-/m0/s1. The zero-order chi connectivity index (χ0) is 24.0. The van der Waals surface area contributed by atoms with E-state index in [2.05, 4.69) is 35.2 Å². The molecule has 0 unspecified atom stereocenters. The van der Waals surface area contributed by atoms with Gasteiger partial charge in [0.15, 0.2) is 5.82 Å². The number of nitrogens with zero attached hydrogens (tertiary/aromatic N) is 5. The van der Waals surface area contributed by atoms with Crippen molar-refractivity contribution in [3.8, 4) is 0 Å². The van der Waals surface area contributed by atoms with Gasteiger partial charge in [-0.25, -0.2) is 18.1 Å². The molecule has 12 heteroatoms. The highest BCUT2D eigenvalue weighted by molar-refractivity contribution is 7.88. The van der Waals surface area contributed by atoms with Gasteiger partial charge < -0.3 is 10.0 Å². The minimum absolute atomic E-state index is 0.219. The molecule has 0 saturated carbocycles. The number of piperidine rings is 1. The average Bonchev–Trinajstić information content (AvgIpc) is 3.29. The SMILES string of the molecule is CC(C)C[C@H](C(=O)O)[C@H](Cc1ccc(N2CCC(CNS(C)(=O)=O)CC2)nc1)c1nn[nH]n1. The van der Waals surface area contributed by atoms with E-state index in [1.165, 1.54) is 6.26 Å². The summed E-state index contributed by atoms with van der Waals surface area (Å²) in [6.07, 6.45) is 5.72. The third-order valence-electron chi connectivity index (χ3n) is 6.06. The Bertz CT molecular complexity index is 988. The predicted molar refractivity (Wildman–Crippen MR) is 123 cm³/mol. The van der Waals surface area contributed by atoms with Crippen LogP contribution in [0.3, 0.4) is 0 Å². The van der Waals surface area contributed by atoms with Crippen molar-refractivity contribution in [2.45, 2.75) is 45.4 Å². The number of hydrogen-bond donors (Lipinski definition) is 3. The summed E-state index contributed by atoms with van der Waals surface area (Å²) in [6, 6.07) is 3.93. The second-order valence-electron chi connectivity index (χ2n) is 9.23. The van der Waals surface area contributed by atoms with Crippen molar-refractivity contribution < 1.29 is 18.3 Å². The van der Waals surface area contributed by atoms with Gasteiger partial charge in [-0.05, 0) is 49.1 Å². The molecule has 0 aliphatic carbocycles. The molecule has 3 N–H and O–H groups in total. The Labute approximate surface area is 194 Å². The van der Waals surface area contributed by atoms with Crippen LogP contribution in [0, 0.1) is 17.8 Å². The van der Waals surface area contributed by atoms with Gasteiger partial charge in [0.05, 0.1) is 12.2 Å². The van der Waals surface area contributed by atoms with E-state index in [4.69, 9.17) is 0 Å². The fraction of sp³-hybridized carbons (Fsp3) is 0.667. The number of anilines is 1.